The van der Waals surface area contributed by atoms with E-state index in [1.807, 2.05) is 25.1 Å². The van der Waals surface area contributed by atoms with Gasteiger partial charge in [-0.05, 0) is 55.5 Å². The minimum atomic E-state index is 0.0191. The van der Waals surface area contributed by atoms with Crippen molar-refractivity contribution in [1.82, 2.24) is 0 Å². The van der Waals surface area contributed by atoms with Crippen LogP contribution >= 0.6 is 0 Å². The molecule has 0 heterocycles. The topological polar surface area (TPSA) is 64.3 Å². The molecule has 20 heavy (non-hydrogen) atoms. The Morgan fingerprint density at radius 3 is 2.60 bits per heavy atom. The molecular weight excluding hydrogens is 252 g/mol. The van der Waals surface area contributed by atoms with E-state index in [1.165, 1.54) is 0 Å². The number of aryl methyl sites for hydroxylation is 1. The maximum absolute atomic E-state index is 12.0. The zero-order chi connectivity index (χ0) is 15.1. The molecule has 0 saturated carbocycles. The zero-order valence-electron chi connectivity index (χ0n) is 12.9. The number of carbonyl (C=O) groups is 1. The smallest absolute Gasteiger partial charge is 0.224 e. The molecule has 4 nitrogen and oxygen atoms in total. The van der Waals surface area contributed by atoms with E-state index in [0.717, 1.165) is 23.4 Å². The van der Waals surface area contributed by atoms with Crippen molar-refractivity contribution >= 4 is 11.6 Å². The molecule has 0 aliphatic heterocycles. The maximum Gasteiger partial charge on any atom is 0.224 e. The Morgan fingerprint density at radius 2 is 2.10 bits per heavy atom. The van der Waals surface area contributed by atoms with Crippen LogP contribution in [0.15, 0.2) is 18.2 Å². The number of nitrogens with one attached hydrogen (secondary N) is 1. The lowest BCUT2D eigenvalue weighted by molar-refractivity contribution is -0.117. The molecule has 1 atom stereocenters. The number of anilines is 1. The Kier molecular flexibility index (Phi) is 6.52. The van der Waals surface area contributed by atoms with Gasteiger partial charge in [0, 0.05) is 12.1 Å². The van der Waals surface area contributed by atoms with E-state index >= 15 is 0 Å². The van der Waals surface area contributed by atoms with E-state index in [0.29, 0.717) is 18.9 Å². The fraction of sp³-hybridized carbons (Fsp3) is 0.562. The predicted molar refractivity (Wildman–Crippen MR) is 83.0 cm³/mol. The summed E-state index contributed by atoms with van der Waals surface area (Å²) in [4.78, 5) is 12.0. The molecule has 0 unspecified atom stereocenters. The van der Waals surface area contributed by atoms with Crippen LogP contribution in [0.1, 0.15) is 32.3 Å². The van der Waals surface area contributed by atoms with Crippen molar-refractivity contribution in [2.24, 2.45) is 17.6 Å². The van der Waals surface area contributed by atoms with Crippen molar-refractivity contribution in [2.75, 3.05) is 19.0 Å². The summed E-state index contributed by atoms with van der Waals surface area (Å²) in [6, 6.07) is 5.62. The van der Waals surface area contributed by atoms with Crippen LogP contribution in [-0.4, -0.2) is 19.6 Å². The number of hydrogen-bond donors (Lipinski definition) is 2. The van der Waals surface area contributed by atoms with Crippen LogP contribution in [0.2, 0.25) is 0 Å². The molecule has 1 aromatic rings. The van der Waals surface area contributed by atoms with E-state index in [2.05, 4.69) is 19.2 Å². The molecule has 0 bridgehead atoms. The Bertz CT molecular complexity index is 444. The molecule has 0 spiro atoms. The van der Waals surface area contributed by atoms with Gasteiger partial charge in [0.15, 0.2) is 0 Å². The lowest BCUT2D eigenvalue weighted by Gasteiger charge is -2.17. The highest BCUT2D eigenvalue weighted by Gasteiger charge is 2.14. The SMILES string of the molecule is COc1ccc(NC(=O)C[C@@H](CN)CC(C)C)cc1C. The van der Waals surface area contributed by atoms with Gasteiger partial charge in [-0.15, -0.1) is 0 Å². The fourth-order valence-electron chi connectivity index (χ4n) is 2.36. The minimum Gasteiger partial charge on any atom is -0.496 e. The molecule has 0 saturated heterocycles. The molecule has 0 radical (unpaired) electrons. The van der Waals surface area contributed by atoms with Gasteiger partial charge in [-0.3, -0.25) is 4.79 Å². The van der Waals surface area contributed by atoms with Crippen LogP contribution in [0.25, 0.3) is 0 Å². The van der Waals surface area contributed by atoms with Gasteiger partial charge in [-0.1, -0.05) is 13.8 Å². The third-order valence-corrected chi connectivity index (χ3v) is 3.29. The molecule has 1 rings (SSSR count). The number of benzene rings is 1. The van der Waals surface area contributed by atoms with Crippen LogP contribution in [0.4, 0.5) is 5.69 Å². The van der Waals surface area contributed by atoms with Gasteiger partial charge < -0.3 is 15.8 Å². The van der Waals surface area contributed by atoms with E-state index in [4.69, 9.17) is 10.5 Å². The lowest BCUT2D eigenvalue weighted by Crippen LogP contribution is -2.23. The van der Waals surface area contributed by atoms with Crippen LogP contribution in [0.3, 0.4) is 0 Å². The Labute approximate surface area is 121 Å². The summed E-state index contributed by atoms with van der Waals surface area (Å²) in [5.74, 6) is 1.64. The molecule has 1 aromatic carbocycles. The standard InChI is InChI=1S/C16H26N2O2/c1-11(2)7-13(10-17)9-16(19)18-14-5-6-15(20-4)12(3)8-14/h5-6,8,11,13H,7,9-10,17H2,1-4H3,(H,18,19)/t13-/m0/s1. The maximum atomic E-state index is 12.0. The molecule has 1 amide bonds. The van der Waals surface area contributed by atoms with Gasteiger partial charge in [0.1, 0.15) is 5.75 Å². The molecule has 3 N–H and O–H groups in total. The molecule has 4 heteroatoms. The minimum absolute atomic E-state index is 0.0191. The number of methoxy groups -OCH3 is 1. The molecule has 0 fully saturated rings. The zero-order valence-corrected chi connectivity index (χ0v) is 12.9. The second-order valence-corrected chi connectivity index (χ2v) is 5.67. The third-order valence-electron chi connectivity index (χ3n) is 3.29. The van der Waals surface area contributed by atoms with Crippen LogP contribution in [-0.2, 0) is 4.79 Å². The average Bonchev–Trinajstić information content (AvgIpc) is 2.37. The van der Waals surface area contributed by atoms with Crippen molar-refractivity contribution < 1.29 is 9.53 Å². The summed E-state index contributed by atoms with van der Waals surface area (Å²) >= 11 is 0. The Morgan fingerprint density at radius 1 is 1.40 bits per heavy atom. The van der Waals surface area contributed by atoms with Crippen LogP contribution in [0.5, 0.6) is 5.75 Å². The summed E-state index contributed by atoms with van der Waals surface area (Å²) in [6.45, 7) is 6.80. The lowest BCUT2D eigenvalue weighted by atomic mass is 9.94. The first-order valence-electron chi connectivity index (χ1n) is 7.10. The molecule has 0 aliphatic carbocycles. The summed E-state index contributed by atoms with van der Waals surface area (Å²) in [6.07, 6.45) is 1.45. The monoisotopic (exact) mass is 278 g/mol. The summed E-state index contributed by atoms with van der Waals surface area (Å²) in [7, 11) is 1.64. The molecular formula is C16H26N2O2. The van der Waals surface area contributed by atoms with E-state index in [1.54, 1.807) is 7.11 Å². The largest absolute Gasteiger partial charge is 0.496 e. The first kappa shape index (κ1) is 16.5. The van der Waals surface area contributed by atoms with E-state index in [9.17, 15) is 4.79 Å². The highest BCUT2D eigenvalue weighted by atomic mass is 16.5. The number of carbonyl (C=O) groups excluding carboxylic acids is 1. The van der Waals surface area contributed by atoms with Crippen molar-refractivity contribution in [3.63, 3.8) is 0 Å². The second-order valence-electron chi connectivity index (χ2n) is 5.67. The number of amides is 1. The van der Waals surface area contributed by atoms with E-state index in [-0.39, 0.29) is 11.8 Å². The second kappa shape index (κ2) is 7.90. The third kappa shape index (κ3) is 5.21. The predicted octanol–water partition coefficient (Wildman–Crippen LogP) is 2.95. The fourth-order valence-corrected chi connectivity index (χ4v) is 2.36. The highest BCUT2D eigenvalue weighted by Crippen LogP contribution is 2.22. The number of hydrogen-bond acceptors (Lipinski definition) is 3. The van der Waals surface area contributed by atoms with Gasteiger partial charge in [0.25, 0.3) is 0 Å². The molecule has 0 aromatic heterocycles. The summed E-state index contributed by atoms with van der Waals surface area (Å²) < 4.78 is 5.20. The highest BCUT2D eigenvalue weighted by molar-refractivity contribution is 5.91. The summed E-state index contributed by atoms with van der Waals surface area (Å²) in [5, 5.41) is 2.92. The number of nitrogens with two attached hydrogens (primary N) is 1. The van der Waals surface area contributed by atoms with Gasteiger partial charge >= 0.3 is 0 Å². The van der Waals surface area contributed by atoms with Crippen molar-refractivity contribution in [1.29, 1.82) is 0 Å². The average molecular weight is 278 g/mol. The van der Waals surface area contributed by atoms with Gasteiger partial charge in [0.2, 0.25) is 5.91 Å². The van der Waals surface area contributed by atoms with Crippen LogP contribution < -0.4 is 15.8 Å². The first-order valence-corrected chi connectivity index (χ1v) is 7.10. The molecule has 0 aliphatic rings. The van der Waals surface area contributed by atoms with Gasteiger partial charge in [-0.2, -0.15) is 0 Å². The van der Waals surface area contributed by atoms with Crippen molar-refractivity contribution in [3.05, 3.63) is 23.8 Å². The summed E-state index contributed by atoms with van der Waals surface area (Å²) in [5.41, 5.74) is 7.53. The van der Waals surface area contributed by atoms with Gasteiger partial charge in [-0.25, -0.2) is 0 Å². The first-order chi connectivity index (χ1) is 9.46. The quantitative estimate of drug-likeness (QED) is 0.806. The van der Waals surface area contributed by atoms with Crippen molar-refractivity contribution in [2.45, 2.75) is 33.6 Å². The Hall–Kier alpha value is -1.55. The number of ether oxygens (including phenoxy) is 1. The number of rotatable bonds is 7. The van der Waals surface area contributed by atoms with Crippen LogP contribution in [0, 0.1) is 18.8 Å². The molecule has 112 valence electrons. The van der Waals surface area contributed by atoms with Gasteiger partial charge in [0.05, 0.1) is 7.11 Å². The van der Waals surface area contributed by atoms with E-state index < -0.39 is 0 Å². The Balaban J connectivity index is 2.59. The normalized spacial score (nSPS) is 12.3. The van der Waals surface area contributed by atoms with Crippen molar-refractivity contribution in [3.8, 4) is 5.75 Å².